The number of benzene rings is 1. The Morgan fingerprint density at radius 1 is 1.29 bits per heavy atom. The number of alkyl halides is 3. The van der Waals surface area contributed by atoms with Gasteiger partial charge in [-0.3, -0.25) is 4.79 Å². The first kappa shape index (κ1) is 12.7. The van der Waals surface area contributed by atoms with Gasteiger partial charge in [0.2, 0.25) is 0 Å². The van der Waals surface area contributed by atoms with Gasteiger partial charge in [-0.2, -0.15) is 23.7 Å². The zero-order chi connectivity index (χ0) is 13.1. The average Bonchev–Trinajstić information content (AvgIpc) is 2.27. The molecular formula is C11H5F3N2O. The first-order chi connectivity index (χ1) is 7.93. The van der Waals surface area contributed by atoms with Crippen LogP contribution in [0.2, 0.25) is 0 Å². The summed E-state index contributed by atoms with van der Waals surface area (Å²) >= 11 is 0. The van der Waals surface area contributed by atoms with Gasteiger partial charge in [0.05, 0.1) is 29.7 Å². The van der Waals surface area contributed by atoms with Crippen LogP contribution in [0, 0.1) is 22.7 Å². The Balaban J connectivity index is 3.59. The molecule has 0 aromatic heterocycles. The molecule has 0 aliphatic carbocycles. The fourth-order valence-electron chi connectivity index (χ4n) is 1.38. The van der Waals surface area contributed by atoms with E-state index in [0.717, 1.165) is 6.07 Å². The first-order valence-electron chi connectivity index (χ1n) is 4.40. The zero-order valence-corrected chi connectivity index (χ0v) is 8.38. The lowest BCUT2D eigenvalue weighted by Gasteiger charge is -2.12. The fraction of sp³-hybridized carbons (Fsp3) is 0.182. The van der Waals surface area contributed by atoms with Gasteiger partial charge >= 0.3 is 6.18 Å². The van der Waals surface area contributed by atoms with Crippen LogP contribution in [0.4, 0.5) is 13.2 Å². The number of carbonyl (C=O) groups is 1. The Morgan fingerprint density at radius 2 is 1.94 bits per heavy atom. The molecule has 0 unspecified atom stereocenters. The quantitative estimate of drug-likeness (QED) is 0.743. The first-order valence-corrected chi connectivity index (χ1v) is 4.40. The summed E-state index contributed by atoms with van der Waals surface area (Å²) in [4.78, 5) is 10.7. The number of hydrogen-bond acceptors (Lipinski definition) is 3. The van der Waals surface area contributed by atoms with Crippen molar-refractivity contribution < 1.29 is 18.0 Å². The molecule has 0 atom stereocenters. The molecule has 0 spiro atoms. The van der Waals surface area contributed by atoms with Gasteiger partial charge in [0, 0.05) is 5.56 Å². The van der Waals surface area contributed by atoms with Crippen LogP contribution in [0.1, 0.15) is 27.0 Å². The van der Waals surface area contributed by atoms with Gasteiger partial charge in [0.15, 0.2) is 6.29 Å². The summed E-state index contributed by atoms with van der Waals surface area (Å²) in [7, 11) is 0. The van der Waals surface area contributed by atoms with Crippen LogP contribution in [-0.2, 0) is 12.6 Å². The molecule has 0 aliphatic heterocycles. The summed E-state index contributed by atoms with van der Waals surface area (Å²) in [6.07, 6.45) is -5.03. The van der Waals surface area contributed by atoms with Crippen molar-refractivity contribution in [2.45, 2.75) is 12.6 Å². The van der Waals surface area contributed by atoms with Gasteiger partial charge in [-0.05, 0) is 17.7 Å². The van der Waals surface area contributed by atoms with Gasteiger partial charge in [0.1, 0.15) is 0 Å². The lowest BCUT2D eigenvalue weighted by Crippen LogP contribution is -2.11. The molecule has 3 nitrogen and oxygen atoms in total. The number of carbonyl (C=O) groups excluding carboxylic acids is 1. The molecule has 0 saturated heterocycles. The van der Waals surface area contributed by atoms with Crippen molar-refractivity contribution in [1.82, 2.24) is 0 Å². The highest BCUT2D eigenvalue weighted by atomic mass is 19.4. The molecule has 17 heavy (non-hydrogen) atoms. The van der Waals surface area contributed by atoms with E-state index in [2.05, 4.69) is 0 Å². The molecule has 0 bridgehead atoms. The number of halogens is 3. The summed E-state index contributed by atoms with van der Waals surface area (Å²) in [5, 5.41) is 17.1. The molecule has 1 aromatic rings. The van der Waals surface area contributed by atoms with Gasteiger partial charge < -0.3 is 0 Å². The normalized spacial score (nSPS) is 10.4. The topological polar surface area (TPSA) is 64.7 Å². The van der Waals surface area contributed by atoms with Gasteiger partial charge in [0.25, 0.3) is 0 Å². The second-order valence-electron chi connectivity index (χ2n) is 3.16. The number of aldehydes is 1. The van der Waals surface area contributed by atoms with Crippen LogP contribution in [0.15, 0.2) is 12.1 Å². The number of nitriles is 2. The van der Waals surface area contributed by atoms with E-state index in [0.29, 0.717) is 6.07 Å². The summed E-state index contributed by atoms with van der Waals surface area (Å²) in [5.74, 6) is 0. The lowest BCUT2D eigenvalue weighted by atomic mass is 9.96. The van der Waals surface area contributed by atoms with E-state index >= 15 is 0 Å². The number of hydrogen-bond donors (Lipinski definition) is 0. The molecule has 0 saturated carbocycles. The highest BCUT2D eigenvalue weighted by Crippen LogP contribution is 2.33. The van der Waals surface area contributed by atoms with Gasteiger partial charge in [-0.1, -0.05) is 0 Å². The van der Waals surface area contributed by atoms with Crippen molar-refractivity contribution in [3.8, 4) is 12.1 Å². The van der Waals surface area contributed by atoms with Gasteiger partial charge in [-0.15, -0.1) is 0 Å². The summed E-state index contributed by atoms with van der Waals surface area (Å²) in [6, 6.07) is 4.93. The van der Waals surface area contributed by atoms with E-state index in [1.807, 2.05) is 0 Å². The lowest BCUT2D eigenvalue weighted by molar-refractivity contribution is -0.137. The zero-order valence-electron chi connectivity index (χ0n) is 8.38. The minimum atomic E-state index is -4.73. The average molecular weight is 238 g/mol. The summed E-state index contributed by atoms with van der Waals surface area (Å²) in [6.45, 7) is 0. The van der Waals surface area contributed by atoms with Gasteiger partial charge in [-0.25, -0.2) is 0 Å². The smallest absolute Gasteiger partial charge is 0.298 e. The molecule has 6 heteroatoms. The highest BCUT2D eigenvalue weighted by Gasteiger charge is 2.34. The van der Waals surface area contributed by atoms with E-state index < -0.39 is 17.3 Å². The van der Waals surface area contributed by atoms with E-state index in [4.69, 9.17) is 10.5 Å². The van der Waals surface area contributed by atoms with Crippen LogP contribution in [0.5, 0.6) is 0 Å². The predicted molar refractivity (Wildman–Crippen MR) is 50.9 cm³/mol. The third kappa shape index (κ3) is 2.61. The molecule has 0 radical (unpaired) electrons. The molecular weight excluding hydrogens is 233 g/mol. The Morgan fingerprint density at radius 3 is 2.35 bits per heavy atom. The van der Waals surface area contributed by atoms with E-state index in [-0.39, 0.29) is 23.8 Å². The van der Waals surface area contributed by atoms with Crippen molar-refractivity contribution in [2.75, 3.05) is 0 Å². The van der Waals surface area contributed by atoms with Crippen LogP contribution in [0.3, 0.4) is 0 Å². The van der Waals surface area contributed by atoms with Crippen LogP contribution >= 0.6 is 0 Å². The Hall–Kier alpha value is -2.34. The predicted octanol–water partition coefficient (Wildman–Crippen LogP) is 2.46. The van der Waals surface area contributed by atoms with Crippen LogP contribution < -0.4 is 0 Å². The molecule has 0 aliphatic rings. The van der Waals surface area contributed by atoms with Crippen LogP contribution in [-0.4, -0.2) is 6.29 Å². The third-order valence-electron chi connectivity index (χ3n) is 2.09. The molecule has 1 aromatic carbocycles. The highest BCUT2D eigenvalue weighted by molar-refractivity contribution is 5.81. The molecule has 0 heterocycles. The maximum absolute atomic E-state index is 12.6. The summed E-state index contributed by atoms with van der Waals surface area (Å²) < 4.78 is 37.9. The molecule has 0 amide bonds. The molecule has 0 fully saturated rings. The van der Waals surface area contributed by atoms with Crippen molar-refractivity contribution in [1.29, 1.82) is 10.5 Å². The van der Waals surface area contributed by atoms with Crippen molar-refractivity contribution in [3.05, 3.63) is 34.4 Å². The molecule has 86 valence electrons. The third-order valence-corrected chi connectivity index (χ3v) is 2.09. The Labute approximate surface area is 94.7 Å². The number of nitrogens with zero attached hydrogens (tertiary/aromatic N) is 2. The van der Waals surface area contributed by atoms with E-state index in [1.165, 1.54) is 0 Å². The summed E-state index contributed by atoms with van der Waals surface area (Å²) in [5.41, 5.74) is -2.09. The van der Waals surface area contributed by atoms with Crippen molar-refractivity contribution in [2.24, 2.45) is 0 Å². The maximum Gasteiger partial charge on any atom is 0.417 e. The Kier molecular flexibility index (Phi) is 3.49. The molecule has 1 rings (SSSR count). The second-order valence-corrected chi connectivity index (χ2v) is 3.16. The van der Waals surface area contributed by atoms with E-state index in [1.54, 1.807) is 12.1 Å². The van der Waals surface area contributed by atoms with Crippen molar-refractivity contribution >= 4 is 6.29 Å². The number of rotatable bonds is 2. The SMILES string of the molecule is N#CCc1cc(C#N)cc(C(F)(F)F)c1C=O. The minimum Gasteiger partial charge on any atom is -0.298 e. The monoisotopic (exact) mass is 238 g/mol. The van der Waals surface area contributed by atoms with Crippen molar-refractivity contribution in [3.63, 3.8) is 0 Å². The molecule has 0 N–H and O–H groups in total. The Bertz CT molecular complexity index is 535. The minimum absolute atomic E-state index is 0.0522. The second kappa shape index (κ2) is 4.67. The van der Waals surface area contributed by atoms with E-state index in [9.17, 15) is 18.0 Å². The maximum atomic E-state index is 12.6. The fourth-order valence-corrected chi connectivity index (χ4v) is 1.38. The standard InChI is InChI=1S/C11H5F3N2O/c12-11(13,14)10-4-7(5-16)3-8(1-2-15)9(10)6-17/h3-4,6H,1H2. The van der Waals surface area contributed by atoms with Crippen LogP contribution in [0.25, 0.3) is 0 Å². The largest absolute Gasteiger partial charge is 0.417 e.